The zero-order valence-corrected chi connectivity index (χ0v) is 16.1. The first kappa shape index (κ1) is 23.1. The van der Waals surface area contributed by atoms with Gasteiger partial charge in [0.05, 0.1) is 12.5 Å². The normalized spacial score (nSPS) is 15.0. The monoisotopic (exact) mass is 392 g/mol. The third kappa shape index (κ3) is 7.36. The largest absolute Gasteiger partial charge is 0.480 e. The van der Waals surface area contributed by atoms with E-state index in [1.54, 1.807) is 31.2 Å². The molecular formula is C19H28N4O5. The second-order valence-corrected chi connectivity index (χ2v) is 6.74. The Bertz CT molecular complexity index is 695. The lowest BCUT2D eigenvalue weighted by Gasteiger charge is -2.25. The highest BCUT2D eigenvalue weighted by molar-refractivity contribution is 5.93. The molecule has 1 aromatic carbocycles. The third-order valence-electron chi connectivity index (χ3n) is 4.45. The van der Waals surface area contributed by atoms with Crippen LogP contribution in [0.15, 0.2) is 30.3 Å². The molecule has 0 aliphatic carbocycles. The molecule has 9 nitrogen and oxygen atoms in total. The highest BCUT2D eigenvalue weighted by Gasteiger charge is 2.30. The lowest BCUT2D eigenvalue weighted by atomic mass is 9.98. The highest BCUT2D eigenvalue weighted by atomic mass is 16.4. The van der Waals surface area contributed by atoms with Crippen LogP contribution in [-0.4, -0.2) is 46.9 Å². The molecule has 0 aliphatic rings. The summed E-state index contributed by atoms with van der Waals surface area (Å²) in [6.45, 7) is 3.53. The predicted octanol–water partition coefficient (Wildman–Crippen LogP) is -0.468. The quantitative estimate of drug-likeness (QED) is 0.342. The number of primary amides is 1. The van der Waals surface area contributed by atoms with Crippen LogP contribution in [0.1, 0.15) is 32.3 Å². The van der Waals surface area contributed by atoms with E-state index in [1.807, 2.05) is 13.0 Å². The number of carboxylic acid groups (broad SMARTS) is 1. The maximum atomic E-state index is 12.7. The van der Waals surface area contributed by atoms with E-state index >= 15 is 0 Å². The minimum atomic E-state index is -1.20. The minimum Gasteiger partial charge on any atom is -0.480 e. The predicted molar refractivity (Wildman–Crippen MR) is 103 cm³/mol. The van der Waals surface area contributed by atoms with Gasteiger partial charge in [-0.15, -0.1) is 0 Å². The van der Waals surface area contributed by atoms with Gasteiger partial charge < -0.3 is 27.2 Å². The van der Waals surface area contributed by atoms with Crippen molar-refractivity contribution in [3.8, 4) is 0 Å². The third-order valence-corrected chi connectivity index (χ3v) is 4.45. The van der Waals surface area contributed by atoms with E-state index in [2.05, 4.69) is 10.6 Å². The molecule has 0 spiro atoms. The van der Waals surface area contributed by atoms with Crippen molar-refractivity contribution in [3.05, 3.63) is 35.9 Å². The number of carboxylic acids is 1. The van der Waals surface area contributed by atoms with Gasteiger partial charge in [-0.1, -0.05) is 50.6 Å². The van der Waals surface area contributed by atoms with Gasteiger partial charge in [0.15, 0.2) is 0 Å². The maximum Gasteiger partial charge on any atom is 0.326 e. The Kier molecular flexibility index (Phi) is 9.10. The van der Waals surface area contributed by atoms with Crippen molar-refractivity contribution >= 4 is 23.7 Å². The number of aliphatic carboxylic acids is 1. The minimum absolute atomic E-state index is 0.133. The van der Waals surface area contributed by atoms with Gasteiger partial charge in [-0.05, 0) is 11.5 Å². The first-order valence-corrected chi connectivity index (χ1v) is 9.07. The summed E-state index contributed by atoms with van der Waals surface area (Å²) < 4.78 is 0. The van der Waals surface area contributed by atoms with Gasteiger partial charge in [-0.25, -0.2) is 4.79 Å². The Balaban J connectivity index is 2.98. The van der Waals surface area contributed by atoms with Gasteiger partial charge in [0.25, 0.3) is 0 Å². The van der Waals surface area contributed by atoms with Crippen LogP contribution in [0.2, 0.25) is 0 Å². The topological polar surface area (TPSA) is 165 Å². The average Bonchev–Trinajstić information content (AvgIpc) is 2.64. The van der Waals surface area contributed by atoms with Crippen molar-refractivity contribution in [2.45, 2.75) is 51.2 Å². The molecular weight excluding hydrogens is 364 g/mol. The van der Waals surface area contributed by atoms with E-state index in [4.69, 9.17) is 11.5 Å². The number of nitrogens with one attached hydrogen (secondary N) is 2. The molecule has 0 aliphatic heterocycles. The molecule has 0 aromatic heterocycles. The molecule has 0 saturated heterocycles. The molecule has 1 aromatic rings. The van der Waals surface area contributed by atoms with E-state index in [0.717, 1.165) is 5.56 Å². The summed E-state index contributed by atoms with van der Waals surface area (Å²) in [5, 5.41) is 14.4. The number of carbonyl (C=O) groups excluding carboxylic acids is 3. The molecule has 4 unspecified atom stereocenters. The number of hydrogen-bond acceptors (Lipinski definition) is 5. The standard InChI is InChI=1S/C19H28N4O5/c1-3-11(2)16(19(27)28)23-18(26)14(9-12-7-5-4-6-8-12)22-17(25)13(20)10-15(21)24/h4-8,11,13-14,16H,3,9-10,20H2,1-2H3,(H2,21,24)(H,22,25)(H,23,26)(H,27,28). The highest BCUT2D eigenvalue weighted by Crippen LogP contribution is 2.10. The van der Waals surface area contributed by atoms with Crippen molar-refractivity contribution in [2.75, 3.05) is 0 Å². The zero-order chi connectivity index (χ0) is 21.3. The molecule has 4 atom stereocenters. The number of nitrogens with two attached hydrogens (primary N) is 2. The number of amides is 3. The summed E-state index contributed by atoms with van der Waals surface area (Å²) in [6.07, 6.45) is 0.321. The van der Waals surface area contributed by atoms with Gasteiger partial charge in [-0.2, -0.15) is 0 Å². The number of carbonyl (C=O) groups is 4. The smallest absolute Gasteiger partial charge is 0.326 e. The van der Waals surface area contributed by atoms with Crippen molar-refractivity contribution in [1.29, 1.82) is 0 Å². The van der Waals surface area contributed by atoms with Crippen LogP contribution in [-0.2, 0) is 25.6 Å². The van der Waals surface area contributed by atoms with Crippen molar-refractivity contribution in [2.24, 2.45) is 17.4 Å². The second-order valence-electron chi connectivity index (χ2n) is 6.74. The van der Waals surface area contributed by atoms with E-state index in [9.17, 15) is 24.3 Å². The molecule has 28 heavy (non-hydrogen) atoms. The van der Waals surface area contributed by atoms with Crippen molar-refractivity contribution < 1.29 is 24.3 Å². The lowest BCUT2D eigenvalue weighted by molar-refractivity contribution is -0.143. The van der Waals surface area contributed by atoms with Crippen LogP contribution in [0, 0.1) is 5.92 Å². The summed E-state index contributed by atoms with van der Waals surface area (Å²) >= 11 is 0. The molecule has 0 saturated carbocycles. The van der Waals surface area contributed by atoms with Crippen LogP contribution in [0.25, 0.3) is 0 Å². The van der Waals surface area contributed by atoms with E-state index < -0.39 is 41.8 Å². The first-order valence-electron chi connectivity index (χ1n) is 9.07. The summed E-state index contributed by atoms with van der Waals surface area (Å²) in [7, 11) is 0. The Hall–Kier alpha value is -2.94. The van der Waals surface area contributed by atoms with E-state index in [0.29, 0.717) is 6.42 Å². The van der Waals surface area contributed by atoms with Gasteiger partial charge in [0.1, 0.15) is 12.1 Å². The molecule has 0 fully saturated rings. The Morgan fingerprint density at radius 3 is 2.18 bits per heavy atom. The molecule has 0 radical (unpaired) electrons. The van der Waals surface area contributed by atoms with E-state index in [-0.39, 0.29) is 18.8 Å². The van der Waals surface area contributed by atoms with Crippen LogP contribution < -0.4 is 22.1 Å². The molecule has 3 amide bonds. The Morgan fingerprint density at radius 2 is 1.68 bits per heavy atom. The van der Waals surface area contributed by atoms with Crippen LogP contribution in [0.3, 0.4) is 0 Å². The second kappa shape index (κ2) is 11.0. The molecule has 9 heteroatoms. The summed E-state index contributed by atoms with van der Waals surface area (Å²) in [6, 6.07) is 5.58. The number of benzene rings is 1. The molecule has 0 heterocycles. The summed E-state index contributed by atoms with van der Waals surface area (Å²) in [4.78, 5) is 47.5. The summed E-state index contributed by atoms with van der Waals surface area (Å²) in [5.74, 6) is -3.56. The van der Waals surface area contributed by atoms with Crippen LogP contribution in [0.4, 0.5) is 0 Å². The Labute approximate surface area is 163 Å². The molecule has 0 bridgehead atoms. The van der Waals surface area contributed by atoms with E-state index in [1.165, 1.54) is 0 Å². The molecule has 154 valence electrons. The summed E-state index contributed by atoms with van der Waals surface area (Å²) in [5.41, 5.74) is 11.5. The zero-order valence-electron chi connectivity index (χ0n) is 16.1. The first-order chi connectivity index (χ1) is 13.1. The fourth-order valence-corrected chi connectivity index (χ4v) is 2.58. The van der Waals surface area contributed by atoms with Gasteiger partial charge in [0, 0.05) is 6.42 Å². The fraction of sp³-hybridized carbons (Fsp3) is 0.474. The van der Waals surface area contributed by atoms with Gasteiger partial charge in [-0.3, -0.25) is 14.4 Å². The van der Waals surface area contributed by atoms with Crippen LogP contribution >= 0.6 is 0 Å². The Morgan fingerprint density at radius 1 is 1.07 bits per heavy atom. The maximum absolute atomic E-state index is 12.7. The SMILES string of the molecule is CCC(C)C(NC(=O)C(Cc1ccccc1)NC(=O)C(N)CC(N)=O)C(=O)O. The van der Waals surface area contributed by atoms with Gasteiger partial charge in [0.2, 0.25) is 17.7 Å². The van der Waals surface area contributed by atoms with Crippen molar-refractivity contribution in [1.82, 2.24) is 10.6 Å². The molecule has 1 rings (SSSR count). The van der Waals surface area contributed by atoms with Gasteiger partial charge >= 0.3 is 5.97 Å². The average molecular weight is 392 g/mol. The number of rotatable bonds is 11. The van der Waals surface area contributed by atoms with Crippen molar-refractivity contribution in [3.63, 3.8) is 0 Å². The fourth-order valence-electron chi connectivity index (χ4n) is 2.58. The molecule has 7 N–H and O–H groups in total. The lowest BCUT2D eigenvalue weighted by Crippen LogP contribution is -2.56. The van der Waals surface area contributed by atoms with Crippen LogP contribution in [0.5, 0.6) is 0 Å². The number of hydrogen-bond donors (Lipinski definition) is 5.